The van der Waals surface area contributed by atoms with Gasteiger partial charge in [-0.3, -0.25) is 9.52 Å². The number of nitrogens with one attached hydrogen (secondary N) is 2. The molecule has 10 heteroatoms. The summed E-state index contributed by atoms with van der Waals surface area (Å²) < 4.78 is 53.3. The molecule has 3 rings (SSSR count). The highest BCUT2D eigenvalue weighted by Crippen LogP contribution is 2.23. The molecule has 8 nitrogen and oxygen atoms in total. The molecule has 0 bridgehead atoms. The van der Waals surface area contributed by atoms with Crippen LogP contribution in [0.3, 0.4) is 0 Å². The monoisotopic (exact) mass is 465 g/mol. The summed E-state index contributed by atoms with van der Waals surface area (Å²) in [4.78, 5) is 14.5. The third-order valence-corrected chi connectivity index (χ3v) is 7.57. The molecular weight excluding hydrogens is 438 g/mol. The first-order chi connectivity index (χ1) is 14.5. The molecule has 2 N–H and O–H groups in total. The minimum absolute atomic E-state index is 0.0704. The van der Waals surface area contributed by atoms with Gasteiger partial charge in [0.15, 0.2) is 0 Å². The Kier molecular flexibility index (Phi) is 6.73. The maximum absolute atomic E-state index is 12.7. The third-order valence-electron chi connectivity index (χ3n) is 5.42. The molecule has 0 unspecified atom stereocenters. The fourth-order valence-corrected chi connectivity index (χ4v) is 5.49. The molecule has 1 saturated heterocycles. The van der Waals surface area contributed by atoms with E-state index in [1.54, 1.807) is 17.0 Å². The van der Waals surface area contributed by atoms with Crippen molar-refractivity contribution in [1.82, 2.24) is 9.62 Å². The number of sulfonamides is 2. The standard InChI is InChI=1S/C21H27N3O5S2/c1-15-5-4-6-20(16(15)2)23-31(28,29)19-9-7-17(8-10-19)21(25)24-13-11-18(12-14-24)22-30(3,26)27/h4-10,18,22-23H,11-14H2,1-3H3. The van der Waals surface area contributed by atoms with Gasteiger partial charge in [0.2, 0.25) is 10.0 Å². The number of benzene rings is 2. The van der Waals surface area contributed by atoms with Crippen LogP contribution in [0.25, 0.3) is 0 Å². The maximum atomic E-state index is 12.7. The Hall–Kier alpha value is -2.43. The van der Waals surface area contributed by atoms with Gasteiger partial charge in [-0.05, 0) is 68.1 Å². The number of hydrogen-bond acceptors (Lipinski definition) is 5. The van der Waals surface area contributed by atoms with Crippen LogP contribution in [0.1, 0.15) is 34.3 Å². The van der Waals surface area contributed by atoms with Gasteiger partial charge in [0, 0.05) is 24.7 Å². The first kappa shape index (κ1) is 23.2. The molecule has 0 radical (unpaired) electrons. The van der Waals surface area contributed by atoms with Crippen LogP contribution in [0.15, 0.2) is 47.4 Å². The molecule has 0 spiro atoms. The van der Waals surface area contributed by atoms with Crippen LogP contribution in [-0.4, -0.2) is 53.0 Å². The Morgan fingerprint density at radius 3 is 2.16 bits per heavy atom. The van der Waals surface area contributed by atoms with Gasteiger partial charge in [0.1, 0.15) is 0 Å². The van der Waals surface area contributed by atoms with Crippen molar-refractivity contribution in [1.29, 1.82) is 0 Å². The minimum Gasteiger partial charge on any atom is -0.339 e. The molecule has 0 saturated carbocycles. The maximum Gasteiger partial charge on any atom is 0.261 e. The number of piperidine rings is 1. The fourth-order valence-electron chi connectivity index (χ4n) is 3.53. The molecule has 1 fully saturated rings. The zero-order chi connectivity index (χ0) is 22.8. The van der Waals surface area contributed by atoms with E-state index < -0.39 is 20.0 Å². The van der Waals surface area contributed by atoms with Crippen molar-refractivity contribution in [2.75, 3.05) is 24.1 Å². The smallest absolute Gasteiger partial charge is 0.261 e. The number of likely N-dealkylation sites (tertiary alicyclic amines) is 1. The lowest BCUT2D eigenvalue weighted by Crippen LogP contribution is -2.46. The van der Waals surface area contributed by atoms with Gasteiger partial charge in [-0.25, -0.2) is 21.6 Å². The van der Waals surface area contributed by atoms with Crippen LogP contribution < -0.4 is 9.44 Å². The van der Waals surface area contributed by atoms with Gasteiger partial charge in [0.05, 0.1) is 16.8 Å². The quantitative estimate of drug-likeness (QED) is 0.680. The van der Waals surface area contributed by atoms with Crippen LogP contribution in [0, 0.1) is 13.8 Å². The Morgan fingerprint density at radius 1 is 0.968 bits per heavy atom. The van der Waals surface area contributed by atoms with Crippen molar-refractivity contribution in [3.63, 3.8) is 0 Å². The minimum atomic E-state index is -3.78. The first-order valence-electron chi connectivity index (χ1n) is 9.92. The molecule has 1 amide bonds. The number of amides is 1. The number of nitrogens with zero attached hydrogens (tertiary/aromatic N) is 1. The van der Waals surface area contributed by atoms with E-state index in [0.29, 0.717) is 37.2 Å². The van der Waals surface area contributed by atoms with Crippen molar-refractivity contribution >= 4 is 31.6 Å². The highest BCUT2D eigenvalue weighted by molar-refractivity contribution is 7.92. The molecule has 31 heavy (non-hydrogen) atoms. The lowest BCUT2D eigenvalue weighted by Gasteiger charge is -2.32. The molecule has 168 valence electrons. The van der Waals surface area contributed by atoms with Gasteiger partial charge in [-0.15, -0.1) is 0 Å². The normalized spacial score (nSPS) is 15.6. The lowest BCUT2D eigenvalue weighted by atomic mass is 10.0. The summed E-state index contributed by atoms with van der Waals surface area (Å²) in [5.74, 6) is -0.204. The van der Waals surface area contributed by atoms with Crippen molar-refractivity contribution < 1.29 is 21.6 Å². The summed E-state index contributed by atoms with van der Waals surface area (Å²) in [5, 5.41) is 0. The van der Waals surface area contributed by atoms with Crippen LogP contribution in [0.5, 0.6) is 0 Å². The van der Waals surface area contributed by atoms with Gasteiger partial charge >= 0.3 is 0 Å². The second-order valence-corrected chi connectivity index (χ2v) is 11.3. The van der Waals surface area contributed by atoms with Crippen molar-refractivity contribution in [3.8, 4) is 0 Å². The Labute approximate surface area is 183 Å². The van der Waals surface area contributed by atoms with Crippen LogP contribution in [0.4, 0.5) is 5.69 Å². The highest BCUT2D eigenvalue weighted by atomic mass is 32.2. The summed E-state index contributed by atoms with van der Waals surface area (Å²) in [6, 6.07) is 11.1. The highest BCUT2D eigenvalue weighted by Gasteiger charge is 2.25. The SMILES string of the molecule is Cc1cccc(NS(=O)(=O)c2ccc(C(=O)N3CCC(NS(C)(=O)=O)CC3)cc2)c1C. The van der Waals surface area contributed by atoms with Crippen LogP contribution >= 0.6 is 0 Å². The summed E-state index contributed by atoms with van der Waals surface area (Å²) in [7, 11) is -7.06. The molecular formula is C21H27N3O5S2. The van der Waals surface area contributed by atoms with Crippen molar-refractivity contribution in [2.24, 2.45) is 0 Å². The van der Waals surface area contributed by atoms with E-state index in [-0.39, 0.29) is 16.8 Å². The summed E-state index contributed by atoms with van der Waals surface area (Å²) in [6.07, 6.45) is 2.19. The van der Waals surface area contributed by atoms with E-state index in [1.807, 2.05) is 19.9 Å². The van der Waals surface area contributed by atoms with E-state index in [1.165, 1.54) is 24.3 Å². The van der Waals surface area contributed by atoms with Gasteiger partial charge in [0.25, 0.3) is 15.9 Å². The van der Waals surface area contributed by atoms with Crippen molar-refractivity contribution in [3.05, 3.63) is 59.2 Å². The average Bonchev–Trinajstić information content (AvgIpc) is 2.70. The molecule has 1 aliphatic heterocycles. The van der Waals surface area contributed by atoms with E-state index in [9.17, 15) is 21.6 Å². The van der Waals surface area contributed by atoms with Crippen LogP contribution in [0.2, 0.25) is 0 Å². The Balaban J connectivity index is 1.67. The second-order valence-electron chi connectivity index (χ2n) is 7.83. The number of hydrogen-bond donors (Lipinski definition) is 2. The van der Waals surface area contributed by atoms with Crippen molar-refractivity contribution in [2.45, 2.75) is 37.6 Å². The van der Waals surface area contributed by atoms with Crippen LogP contribution in [-0.2, 0) is 20.0 Å². The number of aryl methyl sites for hydroxylation is 1. The summed E-state index contributed by atoms with van der Waals surface area (Å²) in [6.45, 7) is 4.62. The molecule has 0 atom stereocenters. The topological polar surface area (TPSA) is 113 Å². The Morgan fingerprint density at radius 2 is 1.58 bits per heavy atom. The molecule has 1 aliphatic rings. The molecule has 0 aromatic heterocycles. The largest absolute Gasteiger partial charge is 0.339 e. The number of carbonyl (C=O) groups excluding carboxylic acids is 1. The Bertz CT molecular complexity index is 1170. The number of anilines is 1. The first-order valence-corrected chi connectivity index (χ1v) is 13.3. The van der Waals surface area contributed by atoms with E-state index in [0.717, 1.165) is 17.4 Å². The van der Waals surface area contributed by atoms with E-state index in [4.69, 9.17) is 0 Å². The lowest BCUT2D eigenvalue weighted by molar-refractivity contribution is 0.0711. The predicted molar refractivity (Wildman–Crippen MR) is 120 cm³/mol. The van der Waals surface area contributed by atoms with Gasteiger partial charge in [-0.1, -0.05) is 12.1 Å². The van der Waals surface area contributed by atoms with Gasteiger partial charge < -0.3 is 4.90 Å². The second kappa shape index (κ2) is 8.97. The average molecular weight is 466 g/mol. The van der Waals surface area contributed by atoms with Gasteiger partial charge in [-0.2, -0.15) is 0 Å². The molecule has 1 heterocycles. The fraction of sp³-hybridized carbons (Fsp3) is 0.381. The summed E-state index contributed by atoms with van der Waals surface area (Å²) >= 11 is 0. The summed E-state index contributed by atoms with van der Waals surface area (Å²) in [5.41, 5.74) is 2.74. The molecule has 2 aromatic carbocycles. The number of rotatable bonds is 6. The third kappa shape index (κ3) is 5.84. The predicted octanol–water partition coefficient (Wildman–Crippen LogP) is 2.26. The molecule has 0 aliphatic carbocycles. The van der Waals surface area contributed by atoms with E-state index >= 15 is 0 Å². The zero-order valence-corrected chi connectivity index (χ0v) is 19.4. The molecule has 2 aromatic rings. The zero-order valence-electron chi connectivity index (χ0n) is 17.8. The van der Waals surface area contributed by atoms with E-state index in [2.05, 4.69) is 9.44 Å². The number of carbonyl (C=O) groups is 1.